The normalized spacial score (nSPS) is 17.8. The van der Waals surface area contributed by atoms with Crippen LogP contribution in [0.5, 0.6) is 0 Å². The molecular weight excluding hydrogens is 354 g/mol. The fourth-order valence-electron chi connectivity index (χ4n) is 3.20. The summed E-state index contributed by atoms with van der Waals surface area (Å²) in [5.41, 5.74) is 3.25. The van der Waals surface area contributed by atoms with E-state index in [1.54, 1.807) is 6.07 Å². The van der Waals surface area contributed by atoms with Crippen LogP contribution < -0.4 is 5.32 Å². The number of nitrogens with one attached hydrogen (secondary N) is 1. The summed E-state index contributed by atoms with van der Waals surface area (Å²) in [5, 5.41) is 20.6. The van der Waals surface area contributed by atoms with Crippen LogP contribution in [-0.4, -0.2) is 28.5 Å². The first-order chi connectivity index (χ1) is 13.6. The van der Waals surface area contributed by atoms with Crippen molar-refractivity contribution in [3.63, 3.8) is 0 Å². The van der Waals surface area contributed by atoms with Gasteiger partial charge in [0.1, 0.15) is 0 Å². The van der Waals surface area contributed by atoms with Gasteiger partial charge in [-0.25, -0.2) is 4.79 Å². The number of carbonyl (C=O) groups is 2. The Morgan fingerprint density at radius 1 is 1.29 bits per heavy atom. The van der Waals surface area contributed by atoms with Crippen LogP contribution in [0.2, 0.25) is 0 Å². The lowest BCUT2D eigenvalue weighted by Crippen LogP contribution is -2.26. The summed E-state index contributed by atoms with van der Waals surface area (Å²) in [6.07, 6.45) is 6.58. The molecule has 2 N–H and O–H groups in total. The molecular formula is C22H21N3O3. The second-order valence-electron chi connectivity index (χ2n) is 6.84. The molecule has 2 atom stereocenters. The maximum absolute atomic E-state index is 12.1. The molecule has 1 heterocycles. The van der Waals surface area contributed by atoms with Crippen LogP contribution in [-0.2, 0) is 16.0 Å². The number of nitriles is 1. The maximum Gasteiger partial charge on any atom is 0.327 e. The number of amides is 1. The van der Waals surface area contributed by atoms with Gasteiger partial charge in [0.2, 0.25) is 5.91 Å². The lowest BCUT2D eigenvalue weighted by molar-refractivity contribution is -0.131. The Balaban J connectivity index is 1.49. The Labute approximate surface area is 163 Å². The number of carboxylic acids is 1. The number of hydrogen-bond acceptors (Lipinski definition) is 4. The number of pyridine rings is 1. The quantitative estimate of drug-likeness (QED) is 0.545. The van der Waals surface area contributed by atoms with Gasteiger partial charge in [-0.05, 0) is 42.9 Å². The Kier molecular flexibility index (Phi) is 6.18. The zero-order chi connectivity index (χ0) is 19.9. The molecule has 6 heteroatoms. The molecule has 1 amide bonds. The molecule has 6 nitrogen and oxygen atoms in total. The van der Waals surface area contributed by atoms with Crippen LogP contribution in [0.3, 0.4) is 0 Å². The first-order valence-electron chi connectivity index (χ1n) is 9.20. The third-order valence-electron chi connectivity index (χ3n) is 4.78. The highest BCUT2D eigenvalue weighted by atomic mass is 16.4. The van der Waals surface area contributed by atoms with Gasteiger partial charge < -0.3 is 10.4 Å². The predicted octanol–water partition coefficient (Wildman–Crippen LogP) is 2.95. The highest BCUT2D eigenvalue weighted by Gasteiger charge is 2.42. The smallest absolute Gasteiger partial charge is 0.327 e. The zero-order valence-corrected chi connectivity index (χ0v) is 15.3. The van der Waals surface area contributed by atoms with Crippen molar-refractivity contribution in [2.45, 2.75) is 19.3 Å². The number of carboxylic acid groups (broad SMARTS) is 1. The van der Waals surface area contributed by atoms with Gasteiger partial charge in [0.05, 0.1) is 17.3 Å². The number of aromatic nitrogens is 1. The topological polar surface area (TPSA) is 103 Å². The van der Waals surface area contributed by atoms with E-state index in [0.29, 0.717) is 24.4 Å². The third-order valence-corrected chi connectivity index (χ3v) is 4.78. The molecule has 28 heavy (non-hydrogen) atoms. The molecule has 2 unspecified atom stereocenters. The SMILES string of the molecule is N#Cc1ccccc1-c1ccc(CC2CC2C(=O)NCC/C=C\C(=O)O)cn1. The average Bonchev–Trinajstić information content (AvgIpc) is 3.47. The molecule has 1 aromatic heterocycles. The molecule has 1 fully saturated rings. The third kappa shape index (κ3) is 5.04. The summed E-state index contributed by atoms with van der Waals surface area (Å²) in [6, 6.07) is 13.5. The number of hydrogen-bond donors (Lipinski definition) is 2. The molecule has 1 aromatic carbocycles. The standard InChI is InChI=1S/C22H21N3O3/c23-13-16-5-1-2-6-18(16)20-9-8-15(14-25-20)11-17-12-19(17)22(28)24-10-4-3-7-21(26)27/h1-3,5-9,14,17,19H,4,10-12H2,(H,24,28)(H,26,27)/b7-3-. The van der Waals surface area contributed by atoms with E-state index in [1.807, 2.05) is 36.5 Å². The summed E-state index contributed by atoms with van der Waals surface area (Å²) in [6.45, 7) is 0.445. The number of nitrogens with zero attached hydrogens (tertiary/aromatic N) is 2. The van der Waals surface area contributed by atoms with Crippen molar-refractivity contribution in [3.05, 3.63) is 65.9 Å². The minimum Gasteiger partial charge on any atom is -0.478 e. The molecule has 142 valence electrons. The molecule has 1 aliphatic carbocycles. The molecule has 0 radical (unpaired) electrons. The van der Waals surface area contributed by atoms with Gasteiger partial charge in [0, 0.05) is 30.3 Å². The molecule has 2 aromatic rings. The van der Waals surface area contributed by atoms with Crippen LogP contribution in [0, 0.1) is 23.2 Å². The Morgan fingerprint density at radius 3 is 2.82 bits per heavy atom. The average molecular weight is 375 g/mol. The second kappa shape index (κ2) is 8.96. The van der Waals surface area contributed by atoms with E-state index in [0.717, 1.165) is 35.7 Å². The Morgan fingerprint density at radius 2 is 2.11 bits per heavy atom. The monoisotopic (exact) mass is 375 g/mol. The fraction of sp³-hybridized carbons (Fsp3) is 0.273. The molecule has 1 saturated carbocycles. The van der Waals surface area contributed by atoms with Crippen LogP contribution in [0.4, 0.5) is 0 Å². The Hall–Kier alpha value is -3.46. The van der Waals surface area contributed by atoms with E-state index in [-0.39, 0.29) is 11.8 Å². The van der Waals surface area contributed by atoms with Gasteiger partial charge in [-0.1, -0.05) is 30.3 Å². The maximum atomic E-state index is 12.1. The highest BCUT2D eigenvalue weighted by Crippen LogP contribution is 2.41. The molecule has 0 saturated heterocycles. The van der Waals surface area contributed by atoms with Gasteiger partial charge in [-0.15, -0.1) is 0 Å². The number of aliphatic carboxylic acids is 1. The van der Waals surface area contributed by atoms with Crippen molar-refractivity contribution >= 4 is 11.9 Å². The number of rotatable bonds is 8. The minimum atomic E-state index is -0.982. The second-order valence-corrected chi connectivity index (χ2v) is 6.84. The molecule has 0 bridgehead atoms. The Bertz CT molecular complexity index is 929. The molecule has 1 aliphatic rings. The van der Waals surface area contributed by atoms with E-state index >= 15 is 0 Å². The van der Waals surface area contributed by atoms with E-state index < -0.39 is 5.97 Å². The van der Waals surface area contributed by atoms with Crippen molar-refractivity contribution in [3.8, 4) is 17.3 Å². The predicted molar refractivity (Wildman–Crippen MR) is 104 cm³/mol. The van der Waals surface area contributed by atoms with Crippen LogP contribution in [0.25, 0.3) is 11.3 Å². The first-order valence-corrected chi connectivity index (χ1v) is 9.20. The lowest BCUT2D eigenvalue weighted by atomic mass is 10.0. The van der Waals surface area contributed by atoms with Crippen molar-refractivity contribution < 1.29 is 14.7 Å². The van der Waals surface area contributed by atoms with Crippen molar-refractivity contribution in [2.75, 3.05) is 6.54 Å². The van der Waals surface area contributed by atoms with Crippen molar-refractivity contribution in [2.24, 2.45) is 11.8 Å². The highest BCUT2D eigenvalue weighted by molar-refractivity contribution is 5.81. The zero-order valence-electron chi connectivity index (χ0n) is 15.3. The van der Waals surface area contributed by atoms with E-state index in [4.69, 9.17) is 5.11 Å². The fourth-order valence-corrected chi connectivity index (χ4v) is 3.20. The summed E-state index contributed by atoms with van der Waals surface area (Å²) in [5.74, 6) is -0.623. The first kappa shape index (κ1) is 19.3. The summed E-state index contributed by atoms with van der Waals surface area (Å²) in [4.78, 5) is 27.0. The van der Waals surface area contributed by atoms with Crippen LogP contribution in [0.15, 0.2) is 54.7 Å². The lowest BCUT2D eigenvalue weighted by Gasteiger charge is -2.06. The molecule has 3 rings (SSSR count). The van der Waals surface area contributed by atoms with Crippen LogP contribution in [0.1, 0.15) is 24.0 Å². The molecule has 0 spiro atoms. The largest absolute Gasteiger partial charge is 0.478 e. The van der Waals surface area contributed by atoms with Gasteiger partial charge in [-0.2, -0.15) is 5.26 Å². The number of carbonyl (C=O) groups excluding carboxylic acids is 1. The minimum absolute atomic E-state index is 0.0162. The van der Waals surface area contributed by atoms with E-state index in [2.05, 4.69) is 16.4 Å². The van der Waals surface area contributed by atoms with E-state index in [1.165, 1.54) is 6.08 Å². The van der Waals surface area contributed by atoms with E-state index in [9.17, 15) is 14.9 Å². The summed E-state index contributed by atoms with van der Waals surface area (Å²) < 4.78 is 0. The summed E-state index contributed by atoms with van der Waals surface area (Å²) in [7, 11) is 0. The van der Waals surface area contributed by atoms with Gasteiger partial charge in [-0.3, -0.25) is 9.78 Å². The van der Waals surface area contributed by atoms with Gasteiger partial charge >= 0.3 is 5.97 Å². The van der Waals surface area contributed by atoms with Crippen LogP contribution >= 0.6 is 0 Å². The van der Waals surface area contributed by atoms with Gasteiger partial charge in [0.25, 0.3) is 0 Å². The van der Waals surface area contributed by atoms with Gasteiger partial charge in [0.15, 0.2) is 0 Å². The van der Waals surface area contributed by atoms with Crippen molar-refractivity contribution in [1.82, 2.24) is 10.3 Å². The van der Waals surface area contributed by atoms with Crippen molar-refractivity contribution in [1.29, 1.82) is 5.26 Å². The number of benzene rings is 1. The molecule has 0 aliphatic heterocycles. The summed E-state index contributed by atoms with van der Waals surface area (Å²) >= 11 is 0.